The van der Waals surface area contributed by atoms with Crippen LogP contribution in [0, 0.1) is 12.8 Å². The second-order valence-corrected chi connectivity index (χ2v) is 9.17. The first kappa shape index (κ1) is 23.5. The maximum atomic E-state index is 12.9. The Kier molecular flexibility index (Phi) is 8.72. The molecule has 0 radical (unpaired) electrons. The fourth-order valence-corrected chi connectivity index (χ4v) is 4.12. The first-order chi connectivity index (χ1) is 14.9. The summed E-state index contributed by atoms with van der Waals surface area (Å²) in [5.74, 6) is 0.536. The lowest BCUT2D eigenvalue weighted by molar-refractivity contribution is -0.134. The van der Waals surface area contributed by atoms with E-state index in [-0.39, 0.29) is 12.0 Å². The van der Waals surface area contributed by atoms with Crippen LogP contribution in [0.1, 0.15) is 31.4 Å². The summed E-state index contributed by atoms with van der Waals surface area (Å²) in [4.78, 5) is 33.4. The summed E-state index contributed by atoms with van der Waals surface area (Å²) >= 11 is 0. The molecule has 2 fully saturated rings. The highest BCUT2D eigenvalue weighted by Gasteiger charge is 2.25. The third-order valence-electron chi connectivity index (χ3n) is 6.13. The maximum absolute atomic E-state index is 12.9. The van der Waals surface area contributed by atoms with Gasteiger partial charge in [0.2, 0.25) is 5.91 Å². The molecule has 1 aromatic carbocycles. The average Bonchev–Trinajstić information content (AvgIpc) is 3.00. The minimum atomic E-state index is -0.230. The van der Waals surface area contributed by atoms with Crippen molar-refractivity contribution in [3.63, 3.8) is 0 Å². The molecule has 2 aliphatic heterocycles. The van der Waals surface area contributed by atoms with E-state index in [1.54, 1.807) is 4.90 Å². The van der Waals surface area contributed by atoms with Gasteiger partial charge in [0.15, 0.2) is 0 Å². The largest absolute Gasteiger partial charge is 0.449 e. The Morgan fingerprint density at radius 1 is 0.903 bits per heavy atom. The molecule has 2 aliphatic rings. The van der Waals surface area contributed by atoms with Crippen LogP contribution in [0.15, 0.2) is 24.3 Å². The van der Waals surface area contributed by atoms with Crippen LogP contribution >= 0.6 is 0 Å². The van der Waals surface area contributed by atoms with E-state index in [9.17, 15) is 9.59 Å². The van der Waals surface area contributed by atoms with Gasteiger partial charge in [-0.1, -0.05) is 38.1 Å². The second-order valence-electron chi connectivity index (χ2n) is 9.17. The molecular formula is C24H38N4O3. The number of piperazine rings is 1. The summed E-state index contributed by atoms with van der Waals surface area (Å²) in [7, 11) is 0. The number of hydrogen-bond donors (Lipinski definition) is 0. The number of amides is 2. The Hall–Kier alpha value is -2.12. The molecule has 31 heavy (non-hydrogen) atoms. The van der Waals surface area contributed by atoms with Crippen molar-refractivity contribution in [3.05, 3.63) is 35.4 Å². The Balaban J connectivity index is 1.40. The predicted molar refractivity (Wildman–Crippen MR) is 122 cm³/mol. The lowest BCUT2D eigenvalue weighted by atomic mass is 10.1. The van der Waals surface area contributed by atoms with Crippen molar-refractivity contribution in [1.29, 1.82) is 0 Å². The summed E-state index contributed by atoms with van der Waals surface area (Å²) in [6.07, 6.45) is 0.639. The molecule has 172 valence electrons. The first-order valence-corrected chi connectivity index (χ1v) is 11.6. The van der Waals surface area contributed by atoms with Crippen LogP contribution in [0.2, 0.25) is 0 Å². The lowest BCUT2D eigenvalue weighted by Crippen LogP contribution is -2.51. The number of nitrogens with zero attached hydrogens (tertiary/aromatic N) is 4. The molecule has 0 spiro atoms. The zero-order valence-corrected chi connectivity index (χ0v) is 19.4. The van der Waals surface area contributed by atoms with E-state index in [1.807, 2.05) is 18.7 Å². The van der Waals surface area contributed by atoms with E-state index in [2.05, 4.69) is 41.0 Å². The molecule has 0 bridgehead atoms. The Labute approximate surface area is 186 Å². The molecule has 0 N–H and O–H groups in total. The highest BCUT2D eigenvalue weighted by molar-refractivity contribution is 5.78. The number of carbonyl (C=O) groups is 2. The van der Waals surface area contributed by atoms with Gasteiger partial charge in [-0.2, -0.15) is 0 Å². The number of hydrogen-bond acceptors (Lipinski definition) is 5. The standard InChI is InChI=1S/C24H38N4O3/c1-20(2)19-31-24(30)28-10-6-9-25(13-16-28)18-23(29)27-14-11-26(12-15-27)17-22-8-5-4-7-21(22)3/h4-5,7-8,20H,6,9-19H2,1-3H3. The summed E-state index contributed by atoms with van der Waals surface area (Å²) in [6, 6.07) is 8.51. The number of aryl methyl sites for hydroxylation is 1. The topological polar surface area (TPSA) is 56.3 Å². The molecule has 7 nitrogen and oxygen atoms in total. The second kappa shape index (κ2) is 11.5. The van der Waals surface area contributed by atoms with Crippen molar-refractivity contribution in [3.8, 4) is 0 Å². The predicted octanol–water partition coefficient (Wildman–Crippen LogP) is 2.44. The number of benzene rings is 1. The van der Waals surface area contributed by atoms with Gasteiger partial charge in [0.25, 0.3) is 0 Å². The van der Waals surface area contributed by atoms with Crippen LogP contribution in [0.5, 0.6) is 0 Å². The minimum Gasteiger partial charge on any atom is -0.449 e. The monoisotopic (exact) mass is 430 g/mol. The van der Waals surface area contributed by atoms with Crippen molar-refractivity contribution in [2.45, 2.75) is 33.7 Å². The van der Waals surface area contributed by atoms with Crippen molar-refractivity contribution in [2.75, 3.05) is 65.5 Å². The number of ether oxygens (including phenoxy) is 1. The van der Waals surface area contributed by atoms with Gasteiger partial charge in [0, 0.05) is 58.9 Å². The Morgan fingerprint density at radius 2 is 1.58 bits per heavy atom. The quantitative estimate of drug-likeness (QED) is 0.694. The third kappa shape index (κ3) is 7.21. The molecule has 0 aliphatic carbocycles. The van der Waals surface area contributed by atoms with Gasteiger partial charge >= 0.3 is 6.09 Å². The molecule has 2 amide bonds. The molecule has 0 unspecified atom stereocenters. The van der Waals surface area contributed by atoms with Gasteiger partial charge in [0.1, 0.15) is 0 Å². The Morgan fingerprint density at radius 3 is 2.29 bits per heavy atom. The normalized spacial score (nSPS) is 18.8. The molecule has 2 heterocycles. The molecular weight excluding hydrogens is 392 g/mol. The molecule has 7 heteroatoms. The van der Waals surface area contributed by atoms with Gasteiger partial charge in [-0.3, -0.25) is 14.6 Å². The maximum Gasteiger partial charge on any atom is 0.409 e. The van der Waals surface area contributed by atoms with E-state index >= 15 is 0 Å². The average molecular weight is 431 g/mol. The van der Waals surface area contributed by atoms with Crippen molar-refractivity contribution in [1.82, 2.24) is 19.6 Å². The van der Waals surface area contributed by atoms with Crippen LogP contribution in [-0.2, 0) is 16.1 Å². The van der Waals surface area contributed by atoms with E-state index in [0.29, 0.717) is 32.2 Å². The van der Waals surface area contributed by atoms with Gasteiger partial charge in [-0.15, -0.1) is 0 Å². The fraction of sp³-hybridized carbons (Fsp3) is 0.667. The molecule has 3 rings (SSSR count). The van der Waals surface area contributed by atoms with Gasteiger partial charge in [-0.05, 0) is 30.4 Å². The van der Waals surface area contributed by atoms with E-state index in [1.165, 1.54) is 11.1 Å². The zero-order valence-electron chi connectivity index (χ0n) is 19.4. The molecule has 0 aromatic heterocycles. The minimum absolute atomic E-state index is 0.200. The molecule has 1 aromatic rings. The summed E-state index contributed by atoms with van der Waals surface area (Å²) in [5, 5.41) is 0. The summed E-state index contributed by atoms with van der Waals surface area (Å²) < 4.78 is 5.36. The molecule has 0 atom stereocenters. The van der Waals surface area contributed by atoms with E-state index in [4.69, 9.17) is 4.74 Å². The lowest BCUT2D eigenvalue weighted by Gasteiger charge is -2.36. The summed E-state index contributed by atoms with van der Waals surface area (Å²) in [5.41, 5.74) is 2.69. The van der Waals surface area contributed by atoms with Crippen LogP contribution in [0.25, 0.3) is 0 Å². The third-order valence-corrected chi connectivity index (χ3v) is 6.13. The van der Waals surface area contributed by atoms with Gasteiger partial charge in [0.05, 0.1) is 13.2 Å². The fourth-order valence-electron chi connectivity index (χ4n) is 4.12. The SMILES string of the molecule is Cc1ccccc1CN1CCN(C(=O)CN2CCCN(C(=O)OCC(C)C)CC2)CC1. The van der Waals surface area contributed by atoms with E-state index in [0.717, 1.165) is 52.2 Å². The molecule has 2 saturated heterocycles. The highest BCUT2D eigenvalue weighted by Crippen LogP contribution is 2.13. The molecule has 0 saturated carbocycles. The van der Waals surface area contributed by atoms with Crippen molar-refractivity contribution in [2.24, 2.45) is 5.92 Å². The van der Waals surface area contributed by atoms with Crippen LogP contribution < -0.4 is 0 Å². The van der Waals surface area contributed by atoms with Gasteiger partial charge in [-0.25, -0.2) is 4.79 Å². The number of rotatable bonds is 6. The zero-order chi connectivity index (χ0) is 22.2. The highest BCUT2D eigenvalue weighted by atomic mass is 16.6. The van der Waals surface area contributed by atoms with Crippen molar-refractivity contribution >= 4 is 12.0 Å². The van der Waals surface area contributed by atoms with Gasteiger partial charge < -0.3 is 14.5 Å². The van der Waals surface area contributed by atoms with E-state index < -0.39 is 0 Å². The van der Waals surface area contributed by atoms with Crippen LogP contribution in [-0.4, -0.2) is 97.1 Å². The Bertz CT molecular complexity index is 731. The van der Waals surface area contributed by atoms with Crippen LogP contribution in [0.3, 0.4) is 0 Å². The smallest absolute Gasteiger partial charge is 0.409 e. The summed E-state index contributed by atoms with van der Waals surface area (Å²) in [6.45, 7) is 14.3. The van der Waals surface area contributed by atoms with Crippen molar-refractivity contribution < 1.29 is 14.3 Å². The first-order valence-electron chi connectivity index (χ1n) is 11.6. The van der Waals surface area contributed by atoms with Crippen LogP contribution in [0.4, 0.5) is 4.79 Å². The number of carbonyl (C=O) groups excluding carboxylic acids is 2.